The first-order valence-corrected chi connectivity index (χ1v) is 7.69. The van der Waals surface area contributed by atoms with Gasteiger partial charge in [-0.05, 0) is 61.6 Å². The van der Waals surface area contributed by atoms with Gasteiger partial charge < -0.3 is 10.1 Å². The van der Waals surface area contributed by atoms with Gasteiger partial charge in [-0.3, -0.25) is 4.79 Å². The van der Waals surface area contributed by atoms with Crippen molar-refractivity contribution in [3.05, 3.63) is 64.2 Å². The molecule has 0 bridgehead atoms. The van der Waals surface area contributed by atoms with E-state index in [0.717, 1.165) is 33.7 Å². The monoisotopic (exact) mass is 309 g/mol. The maximum absolute atomic E-state index is 10.7. The van der Waals surface area contributed by atoms with E-state index in [-0.39, 0.29) is 0 Å². The number of nitrogens with one attached hydrogen (secondary N) is 1. The Balaban J connectivity index is 2.15. The van der Waals surface area contributed by atoms with Crippen LogP contribution < -0.4 is 10.1 Å². The van der Waals surface area contributed by atoms with Crippen LogP contribution in [0.2, 0.25) is 0 Å². The molecule has 23 heavy (non-hydrogen) atoms. The zero-order valence-corrected chi connectivity index (χ0v) is 14.1. The largest absolute Gasteiger partial charge is 0.489 e. The summed E-state index contributed by atoms with van der Waals surface area (Å²) in [4.78, 5) is 10.7. The second-order valence-electron chi connectivity index (χ2n) is 5.77. The molecule has 120 valence electrons. The van der Waals surface area contributed by atoms with Gasteiger partial charge in [-0.25, -0.2) is 0 Å². The molecule has 2 aromatic rings. The third-order valence-corrected chi connectivity index (χ3v) is 3.92. The fourth-order valence-corrected chi connectivity index (χ4v) is 2.54. The molecule has 0 atom stereocenters. The fourth-order valence-electron chi connectivity index (χ4n) is 2.54. The van der Waals surface area contributed by atoms with E-state index < -0.39 is 0 Å². The molecule has 1 amide bonds. The average molecular weight is 309 g/mol. The summed E-state index contributed by atoms with van der Waals surface area (Å²) in [6.45, 7) is 8.57. The molecule has 3 heteroatoms. The van der Waals surface area contributed by atoms with E-state index in [0.29, 0.717) is 13.0 Å². The van der Waals surface area contributed by atoms with E-state index in [1.807, 2.05) is 45.0 Å². The molecule has 0 radical (unpaired) electrons. The van der Waals surface area contributed by atoms with Gasteiger partial charge >= 0.3 is 0 Å². The maximum atomic E-state index is 10.7. The molecular weight excluding hydrogens is 286 g/mol. The summed E-state index contributed by atoms with van der Waals surface area (Å²) in [5, 5.41) is 2.76. The van der Waals surface area contributed by atoms with Crippen LogP contribution in [0.5, 0.6) is 5.75 Å². The van der Waals surface area contributed by atoms with Gasteiger partial charge in [0.15, 0.2) is 0 Å². The fraction of sp³-hybridized carbons (Fsp3) is 0.250. The first kappa shape index (κ1) is 16.8. The minimum Gasteiger partial charge on any atom is -0.489 e. The van der Waals surface area contributed by atoms with Crippen LogP contribution in [-0.2, 0) is 4.79 Å². The Morgan fingerprint density at radius 1 is 1.13 bits per heavy atom. The lowest BCUT2D eigenvalue weighted by Gasteiger charge is -2.16. The van der Waals surface area contributed by atoms with Gasteiger partial charge in [0.1, 0.15) is 12.4 Å². The quantitative estimate of drug-likeness (QED) is 0.788. The van der Waals surface area contributed by atoms with Gasteiger partial charge in [0.2, 0.25) is 6.41 Å². The Morgan fingerprint density at radius 3 is 2.48 bits per heavy atom. The second kappa shape index (κ2) is 7.63. The van der Waals surface area contributed by atoms with Crippen molar-refractivity contribution in [1.82, 2.24) is 0 Å². The Morgan fingerprint density at radius 2 is 1.83 bits per heavy atom. The molecular formula is C20H23NO2. The van der Waals surface area contributed by atoms with Crippen LogP contribution in [0.25, 0.3) is 6.08 Å². The van der Waals surface area contributed by atoms with Crippen LogP contribution in [0.1, 0.15) is 29.2 Å². The highest BCUT2D eigenvalue weighted by Gasteiger charge is 2.11. The number of hydrogen-bond acceptors (Lipinski definition) is 2. The molecule has 0 saturated heterocycles. The topological polar surface area (TPSA) is 38.3 Å². The molecule has 0 saturated carbocycles. The smallest absolute Gasteiger partial charge is 0.211 e. The molecule has 0 aliphatic heterocycles. The summed E-state index contributed by atoms with van der Waals surface area (Å²) in [5.41, 5.74) is 6.27. The molecule has 3 nitrogen and oxygen atoms in total. The second-order valence-corrected chi connectivity index (χ2v) is 5.77. The van der Waals surface area contributed by atoms with Gasteiger partial charge in [0.25, 0.3) is 0 Å². The summed E-state index contributed by atoms with van der Waals surface area (Å²) in [6.07, 6.45) is 2.83. The number of hydrogen-bond donors (Lipinski definition) is 1. The molecule has 0 spiro atoms. The van der Waals surface area contributed by atoms with E-state index in [1.54, 1.807) is 0 Å². The number of aryl methyl sites for hydroxylation is 1. The lowest BCUT2D eigenvalue weighted by Crippen LogP contribution is -2.05. The lowest BCUT2D eigenvalue weighted by molar-refractivity contribution is -0.105. The highest BCUT2D eigenvalue weighted by Crippen LogP contribution is 2.31. The molecule has 0 aliphatic carbocycles. The van der Waals surface area contributed by atoms with Gasteiger partial charge in [-0.15, -0.1) is 0 Å². The number of carbonyl (C=O) groups excluding carboxylic acids is 1. The Labute approximate surface area is 138 Å². The summed E-state index contributed by atoms with van der Waals surface area (Å²) in [5.74, 6) is 0.859. The van der Waals surface area contributed by atoms with Crippen molar-refractivity contribution in [2.75, 3.05) is 11.9 Å². The van der Waals surface area contributed by atoms with Gasteiger partial charge in [0, 0.05) is 5.69 Å². The van der Waals surface area contributed by atoms with Gasteiger partial charge in [-0.1, -0.05) is 36.4 Å². The highest BCUT2D eigenvalue weighted by atomic mass is 16.5. The normalized spacial score (nSPS) is 11.2. The van der Waals surface area contributed by atoms with Crippen molar-refractivity contribution < 1.29 is 9.53 Å². The number of ether oxygens (including phenoxy) is 1. The number of amides is 1. The van der Waals surface area contributed by atoms with E-state index in [1.165, 1.54) is 5.56 Å². The third-order valence-electron chi connectivity index (χ3n) is 3.92. The lowest BCUT2D eigenvalue weighted by atomic mass is 10.0. The van der Waals surface area contributed by atoms with Crippen LogP contribution >= 0.6 is 0 Å². The number of rotatable bonds is 6. The first-order chi connectivity index (χ1) is 11.0. The van der Waals surface area contributed by atoms with E-state index in [2.05, 4.69) is 30.4 Å². The van der Waals surface area contributed by atoms with E-state index >= 15 is 0 Å². The highest BCUT2D eigenvalue weighted by molar-refractivity contribution is 5.77. The van der Waals surface area contributed by atoms with Crippen LogP contribution in [-0.4, -0.2) is 13.0 Å². The summed E-state index contributed by atoms with van der Waals surface area (Å²) >= 11 is 0. The predicted molar refractivity (Wildman–Crippen MR) is 95.9 cm³/mol. The molecule has 0 heterocycles. The zero-order chi connectivity index (χ0) is 16.8. The summed E-state index contributed by atoms with van der Waals surface area (Å²) < 4.78 is 5.98. The van der Waals surface area contributed by atoms with E-state index in [9.17, 15) is 4.79 Å². The molecule has 0 unspecified atom stereocenters. The number of benzene rings is 2. The SMILES string of the molecule is C/C(=C\c1ccccc1)COc1cc(C)c(NC=O)c(C)c1C. The molecule has 0 aromatic heterocycles. The molecule has 0 aliphatic rings. The standard InChI is InChI=1S/C20H23NO2/c1-14(10-18-8-6-5-7-9-18)12-23-19-11-15(2)20(21-13-22)17(4)16(19)3/h5-11,13H,12H2,1-4H3,(H,21,22)/b14-10+. The predicted octanol–water partition coefficient (Wildman–Crippen LogP) is 4.66. The van der Waals surface area contributed by atoms with Crippen molar-refractivity contribution in [1.29, 1.82) is 0 Å². The minimum atomic E-state index is 0.537. The molecule has 2 rings (SSSR count). The third kappa shape index (κ3) is 4.22. The Kier molecular flexibility index (Phi) is 5.58. The first-order valence-electron chi connectivity index (χ1n) is 7.69. The minimum absolute atomic E-state index is 0.537. The molecule has 2 aromatic carbocycles. The Hall–Kier alpha value is -2.55. The van der Waals surface area contributed by atoms with Crippen LogP contribution in [0.4, 0.5) is 5.69 Å². The van der Waals surface area contributed by atoms with Gasteiger partial charge in [0.05, 0.1) is 0 Å². The average Bonchev–Trinajstić information content (AvgIpc) is 2.54. The van der Waals surface area contributed by atoms with Crippen molar-refractivity contribution in [3.63, 3.8) is 0 Å². The maximum Gasteiger partial charge on any atom is 0.211 e. The van der Waals surface area contributed by atoms with Crippen LogP contribution in [0.3, 0.4) is 0 Å². The number of anilines is 1. The van der Waals surface area contributed by atoms with Crippen molar-refractivity contribution >= 4 is 18.2 Å². The van der Waals surface area contributed by atoms with Crippen LogP contribution in [0.15, 0.2) is 42.0 Å². The summed E-state index contributed by atoms with van der Waals surface area (Å²) in [6, 6.07) is 12.2. The zero-order valence-electron chi connectivity index (χ0n) is 14.1. The summed E-state index contributed by atoms with van der Waals surface area (Å²) in [7, 11) is 0. The number of carbonyl (C=O) groups is 1. The van der Waals surface area contributed by atoms with Crippen LogP contribution in [0, 0.1) is 20.8 Å². The van der Waals surface area contributed by atoms with Crippen molar-refractivity contribution in [3.8, 4) is 5.75 Å². The van der Waals surface area contributed by atoms with Crippen molar-refractivity contribution in [2.45, 2.75) is 27.7 Å². The van der Waals surface area contributed by atoms with E-state index in [4.69, 9.17) is 4.74 Å². The molecule has 1 N–H and O–H groups in total. The molecule has 0 fully saturated rings. The van der Waals surface area contributed by atoms with Gasteiger partial charge in [-0.2, -0.15) is 0 Å². The van der Waals surface area contributed by atoms with Crippen molar-refractivity contribution in [2.24, 2.45) is 0 Å². The Bertz CT molecular complexity index is 718.